The third-order valence-corrected chi connectivity index (χ3v) is 9.08. The number of hydrogen-bond acceptors (Lipinski definition) is 3. The predicted octanol–water partition coefficient (Wildman–Crippen LogP) is 7.51. The fourth-order valence-electron chi connectivity index (χ4n) is 5.26. The number of nitrogens with zero attached hydrogens (tertiary/aromatic N) is 1. The van der Waals surface area contributed by atoms with E-state index in [-0.39, 0.29) is 12.3 Å². The molecule has 5 nitrogen and oxygen atoms in total. The van der Waals surface area contributed by atoms with Gasteiger partial charge in [-0.15, -0.1) is 11.3 Å². The molecule has 1 aromatic heterocycles. The Morgan fingerprint density at radius 3 is 2.07 bits per heavy atom. The van der Waals surface area contributed by atoms with Crippen molar-refractivity contribution in [1.29, 1.82) is 0 Å². The van der Waals surface area contributed by atoms with Gasteiger partial charge in [0.15, 0.2) is 0 Å². The summed E-state index contributed by atoms with van der Waals surface area (Å²) in [4.78, 5) is 14.4. The molecule has 0 bridgehead atoms. The van der Waals surface area contributed by atoms with Crippen LogP contribution < -0.4 is 9.62 Å². The molecule has 41 heavy (non-hydrogen) atoms. The van der Waals surface area contributed by atoms with Crippen LogP contribution in [0.4, 0.5) is 5.69 Å². The summed E-state index contributed by atoms with van der Waals surface area (Å²) in [5.74, 6) is -0.339. The number of benzene rings is 5. The van der Waals surface area contributed by atoms with Crippen molar-refractivity contribution in [2.24, 2.45) is 0 Å². The standard InChI is InChI=1S/C34H28N2O3S2/c37-34(35-33(25-12-3-1-4-13-25)26-14-5-2-6-15-26)31(22-28-23-40-32-18-10-9-17-30(28)32)36(41(38)39)29-20-19-24-11-7-8-16-27(24)21-29/h1-21,23,31,33H,22H2,(H,35,37)(H,38,39). The van der Waals surface area contributed by atoms with Gasteiger partial charge in [-0.25, -0.2) is 4.21 Å². The zero-order valence-electron chi connectivity index (χ0n) is 22.1. The number of amides is 1. The number of nitrogens with one attached hydrogen (secondary N) is 1. The highest BCUT2D eigenvalue weighted by atomic mass is 32.2. The first-order valence-electron chi connectivity index (χ1n) is 13.3. The van der Waals surface area contributed by atoms with Crippen LogP contribution in [0.2, 0.25) is 0 Å². The van der Waals surface area contributed by atoms with Crippen molar-refractivity contribution in [3.8, 4) is 0 Å². The average Bonchev–Trinajstić information content (AvgIpc) is 3.43. The van der Waals surface area contributed by atoms with Gasteiger partial charge in [-0.1, -0.05) is 109 Å². The van der Waals surface area contributed by atoms with Gasteiger partial charge >= 0.3 is 0 Å². The summed E-state index contributed by atoms with van der Waals surface area (Å²) in [5, 5.41) is 8.24. The van der Waals surface area contributed by atoms with E-state index in [0.717, 1.165) is 37.5 Å². The van der Waals surface area contributed by atoms with Crippen LogP contribution in [0.1, 0.15) is 22.7 Å². The molecule has 0 aliphatic heterocycles. The van der Waals surface area contributed by atoms with Gasteiger partial charge < -0.3 is 5.32 Å². The SMILES string of the molecule is O=C(NC(c1ccccc1)c1ccccc1)C(Cc1csc2ccccc12)N(c1ccc2ccccc2c1)S(=O)O. The van der Waals surface area contributed by atoms with Crippen molar-refractivity contribution in [2.45, 2.75) is 18.5 Å². The van der Waals surface area contributed by atoms with Crippen molar-refractivity contribution in [1.82, 2.24) is 5.32 Å². The number of fused-ring (bicyclic) bond motifs is 2. The molecule has 6 rings (SSSR count). The summed E-state index contributed by atoms with van der Waals surface area (Å²) in [5.41, 5.74) is 3.31. The summed E-state index contributed by atoms with van der Waals surface area (Å²) in [7, 11) is 0. The molecule has 0 saturated heterocycles. The van der Waals surface area contributed by atoms with Crippen LogP contribution >= 0.6 is 11.3 Å². The fourth-order valence-corrected chi connectivity index (χ4v) is 6.92. The minimum atomic E-state index is -2.47. The van der Waals surface area contributed by atoms with Gasteiger partial charge in [0.2, 0.25) is 5.91 Å². The van der Waals surface area contributed by atoms with Crippen molar-refractivity contribution >= 4 is 55.1 Å². The lowest BCUT2D eigenvalue weighted by Gasteiger charge is -2.31. The first kappa shape index (κ1) is 26.9. The van der Waals surface area contributed by atoms with Crippen LogP contribution in [0.25, 0.3) is 20.9 Å². The molecule has 0 fully saturated rings. The Balaban J connectivity index is 1.44. The number of hydrogen-bond donors (Lipinski definition) is 2. The molecule has 0 aliphatic rings. The summed E-state index contributed by atoms with van der Waals surface area (Å²) >= 11 is -0.867. The molecular weight excluding hydrogens is 549 g/mol. The van der Waals surface area contributed by atoms with Crippen LogP contribution in [0.5, 0.6) is 0 Å². The van der Waals surface area contributed by atoms with Gasteiger partial charge in [0, 0.05) is 11.1 Å². The summed E-state index contributed by atoms with van der Waals surface area (Å²) < 4.78 is 26.2. The number of rotatable bonds is 9. The minimum Gasteiger partial charge on any atom is -0.343 e. The highest BCUT2D eigenvalue weighted by Gasteiger charge is 2.33. The van der Waals surface area contributed by atoms with E-state index in [1.54, 1.807) is 17.4 Å². The van der Waals surface area contributed by atoms with E-state index >= 15 is 0 Å². The van der Waals surface area contributed by atoms with Crippen LogP contribution in [-0.4, -0.2) is 20.7 Å². The summed E-state index contributed by atoms with van der Waals surface area (Å²) in [6.07, 6.45) is 0.255. The van der Waals surface area contributed by atoms with Gasteiger partial charge in [0.1, 0.15) is 6.04 Å². The van der Waals surface area contributed by atoms with E-state index in [1.165, 1.54) is 4.31 Å². The molecule has 204 valence electrons. The van der Waals surface area contributed by atoms with Crippen LogP contribution in [0, 0.1) is 0 Å². The minimum absolute atomic E-state index is 0.255. The van der Waals surface area contributed by atoms with Crippen molar-refractivity contribution in [3.63, 3.8) is 0 Å². The van der Waals surface area contributed by atoms with E-state index in [9.17, 15) is 13.6 Å². The monoisotopic (exact) mass is 576 g/mol. The fraction of sp³-hybridized carbons (Fsp3) is 0.0882. The summed E-state index contributed by atoms with van der Waals surface area (Å²) in [6, 6.07) is 39.6. The van der Waals surface area contributed by atoms with Gasteiger partial charge in [0.05, 0.1) is 11.7 Å². The molecule has 2 atom stereocenters. The highest BCUT2D eigenvalue weighted by Crippen LogP contribution is 2.31. The molecule has 2 N–H and O–H groups in total. The Kier molecular flexibility index (Phi) is 7.91. The zero-order valence-corrected chi connectivity index (χ0v) is 23.7. The second-order valence-corrected chi connectivity index (χ2v) is 11.6. The lowest BCUT2D eigenvalue weighted by atomic mass is 9.97. The van der Waals surface area contributed by atoms with Gasteiger partial charge in [0.25, 0.3) is 11.3 Å². The number of anilines is 1. The molecule has 1 heterocycles. The summed E-state index contributed by atoms with van der Waals surface area (Å²) in [6.45, 7) is 0. The maximum absolute atomic E-state index is 14.4. The zero-order chi connectivity index (χ0) is 28.2. The molecule has 2 unspecified atom stereocenters. The molecule has 0 saturated carbocycles. The van der Waals surface area contributed by atoms with Crippen molar-refractivity contribution in [2.75, 3.05) is 4.31 Å². The van der Waals surface area contributed by atoms with Crippen LogP contribution in [0.15, 0.2) is 133 Å². The lowest BCUT2D eigenvalue weighted by Crippen LogP contribution is -2.50. The maximum Gasteiger partial charge on any atom is 0.262 e. The molecule has 0 aliphatic carbocycles. The molecular formula is C34H28N2O3S2. The molecule has 6 aromatic rings. The van der Waals surface area contributed by atoms with Crippen LogP contribution in [0.3, 0.4) is 0 Å². The molecule has 5 aromatic carbocycles. The van der Waals surface area contributed by atoms with E-state index in [1.807, 2.05) is 127 Å². The van der Waals surface area contributed by atoms with Crippen molar-refractivity contribution < 1.29 is 13.6 Å². The third kappa shape index (κ3) is 5.79. The van der Waals surface area contributed by atoms with E-state index in [0.29, 0.717) is 5.69 Å². The smallest absolute Gasteiger partial charge is 0.262 e. The Hall–Kier alpha value is -4.30. The average molecular weight is 577 g/mol. The molecule has 0 spiro atoms. The van der Waals surface area contributed by atoms with E-state index < -0.39 is 23.4 Å². The first-order chi connectivity index (χ1) is 20.1. The third-order valence-electron chi connectivity index (χ3n) is 7.27. The Morgan fingerprint density at radius 1 is 0.780 bits per heavy atom. The Morgan fingerprint density at radius 2 is 1.39 bits per heavy atom. The largest absolute Gasteiger partial charge is 0.343 e. The topological polar surface area (TPSA) is 69.6 Å². The normalized spacial score (nSPS) is 12.8. The van der Waals surface area contributed by atoms with Gasteiger partial charge in [-0.05, 0) is 56.4 Å². The quantitative estimate of drug-likeness (QED) is 0.175. The lowest BCUT2D eigenvalue weighted by molar-refractivity contribution is -0.122. The number of carbonyl (C=O) groups is 1. The van der Waals surface area contributed by atoms with E-state index in [4.69, 9.17) is 0 Å². The van der Waals surface area contributed by atoms with Gasteiger partial charge in [-0.3, -0.25) is 13.7 Å². The number of carbonyl (C=O) groups excluding carboxylic acids is 1. The molecule has 0 radical (unpaired) electrons. The van der Waals surface area contributed by atoms with E-state index in [2.05, 4.69) is 5.32 Å². The van der Waals surface area contributed by atoms with Gasteiger partial charge in [-0.2, -0.15) is 0 Å². The second-order valence-electron chi connectivity index (χ2n) is 9.83. The molecule has 1 amide bonds. The Labute approximate surface area is 245 Å². The second kappa shape index (κ2) is 12.1. The molecule has 7 heteroatoms. The highest BCUT2D eigenvalue weighted by molar-refractivity contribution is 7.80. The maximum atomic E-state index is 14.4. The predicted molar refractivity (Wildman–Crippen MR) is 169 cm³/mol. The number of thiophene rings is 1. The Bertz CT molecular complexity index is 1780. The van der Waals surface area contributed by atoms with Crippen molar-refractivity contribution in [3.05, 3.63) is 149 Å². The first-order valence-corrected chi connectivity index (χ1v) is 15.3. The van der Waals surface area contributed by atoms with Crippen LogP contribution in [-0.2, 0) is 22.5 Å².